The molecule has 1 fully saturated rings. The molecule has 3 unspecified atom stereocenters. The Morgan fingerprint density at radius 1 is 1.36 bits per heavy atom. The van der Waals surface area contributed by atoms with Crippen LogP contribution in [0.15, 0.2) is 0 Å². The summed E-state index contributed by atoms with van der Waals surface area (Å²) in [5, 5.41) is 20.6. The number of hydrogen-bond donors (Lipinski definition) is 4. The highest BCUT2D eigenvalue weighted by Crippen LogP contribution is 2.20. The van der Waals surface area contributed by atoms with Gasteiger partial charge in [-0.1, -0.05) is 13.8 Å². The second-order valence-corrected chi connectivity index (χ2v) is 6.01. The molecule has 1 saturated heterocycles. The highest BCUT2D eigenvalue weighted by atomic mass is 16.4. The van der Waals surface area contributed by atoms with Crippen molar-refractivity contribution in [3.05, 3.63) is 0 Å². The molecule has 126 valence electrons. The van der Waals surface area contributed by atoms with Gasteiger partial charge in [0.15, 0.2) is 0 Å². The molecule has 0 aromatic rings. The van der Waals surface area contributed by atoms with Gasteiger partial charge in [0.1, 0.15) is 18.1 Å². The van der Waals surface area contributed by atoms with E-state index in [1.807, 2.05) is 13.8 Å². The molecule has 1 aliphatic rings. The van der Waals surface area contributed by atoms with Gasteiger partial charge in [-0.05, 0) is 25.2 Å². The summed E-state index contributed by atoms with van der Waals surface area (Å²) in [6, 6.07) is -2.77. The molecule has 1 aliphatic heterocycles. The van der Waals surface area contributed by atoms with Gasteiger partial charge < -0.3 is 26.2 Å². The summed E-state index contributed by atoms with van der Waals surface area (Å²) in [6.45, 7) is 3.65. The minimum Gasteiger partial charge on any atom is -0.480 e. The molecule has 0 aromatic carbocycles. The number of amides is 2. The molecular weight excluding hydrogens is 290 g/mol. The zero-order valence-corrected chi connectivity index (χ0v) is 13.0. The molecule has 3 atom stereocenters. The second kappa shape index (κ2) is 8.09. The van der Waals surface area contributed by atoms with Gasteiger partial charge in [0.05, 0.1) is 6.61 Å². The zero-order chi connectivity index (χ0) is 16.9. The lowest BCUT2D eigenvalue weighted by Gasteiger charge is -2.28. The van der Waals surface area contributed by atoms with E-state index in [0.29, 0.717) is 25.8 Å². The molecule has 2 amide bonds. The van der Waals surface area contributed by atoms with Gasteiger partial charge in [-0.2, -0.15) is 0 Å². The van der Waals surface area contributed by atoms with Gasteiger partial charge in [0.2, 0.25) is 11.8 Å². The van der Waals surface area contributed by atoms with E-state index in [9.17, 15) is 19.5 Å². The molecule has 5 N–H and O–H groups in total. The third-order valence-corrected chi connectivity index (χ3v) is 3.68. The van der Waals surface area contributed by atoms with Gasteiger partial charge in [-0.25, -0.2) is 4.79 Å². The van der Waals surface area contributed by atoms with Crippen molar-refractivity contribution in [1.29, 1.82) is 0 Å². The topological polar surface area (TPSA) is 133 Å². The molecule has 8 nitrogen and oxygen atoms in total. The minimum absolute atomic E-state index is 0.130. The number of hydrogen-bond acceptors (Lipinski definition) is 5. The number of carboxylic acids is 1. The van der Waals surface area contributed by atoms with Crippen LogP contribution in [0.25, 0.3) is 0 Å². The number of aliphatic hydroxyl groups is 1. The fourth-order valence-electron chi connectivity index (χ4n) is 2.54. The minimum atomic E-state index is -1.10. The third kappa shape index (κ3) is 4.67. The first-order valence-electron chi connectivity index (χ1n) is 7.48. The first-order chi connectivity index (χ1) is 10.3. The maximum atomic E-state index is 12.6. The standard InChI is InChI=1S/C14H25N3O5/c1-8(2)6-10(16-12(19)9(15)7-18)13(20)17-5-3-4-11(17)14(21)22/h8-11,18H,3-7,15H2,1-2H3,(H,16,19)(H,21,22). The number of rotatable bonds is 7. The van der Waals surface area contributed by atoms with Crippen LogP contribution in [0.4, 0.5) is 0 Å². The average Bonchev–Trinajstić information content (AvgIpc) is 2.93. The number of carboxylic acid groups (broad SMARTS) is 1. The van der Waals surface area contributed by atoms with Crippen LogP contribution in [0.2, 0.25) is 0 Å². The van der Waals surface area contributed by atoms with E-state index in [2.05, 4.69) is 5.32 Å². The number of nitrogens with zero attached hydrogens (tertiary/aromatic N) is 1. The second-order valence-electron chi connectivity index (χ2n) is 6.01. The largest absolute Gasteiger partial charge is 0.480 e. The Hall–Kier alpha value is -1.67. The van der Waals surface area contributed by atoms with Crippen LogP contribution in [0, 0.1) is 5.92 Å². The van der Waals surface area contributed by atoms with Crippen LogP contribution < -0.4 is 11.1 Å². The molecule has 22 heavy (non-hydrogen) atoms. The van der Waals surface area contributed by atoms with Gasteiger partial charge in [-0.3, -0.25) is 9.59 Å². The number of carbonyl (C=O) groups is 3. The van der Waals surface area contributed by atoms with E-state index in [-0.39, 0.29) is 5.92 Å². The Morgan fingerprint density at radius 2 is 2.00 bits per heavy atom. The number of carbonyl (C=O) groups excluding carboxylic acids is 2. The van der Waals surface area contributed by atoms with Crippen molar-refractivity contribution in [2.24, 2.45) is 11.7 Å². The maximum Gasteiger partial charge on any atom is 0.326 e. The number of nitrogens with one attached hydrogen (secondary N) is 1. The zero-order valence-electron chi connectivity index (χ0n) is 13.0. The first kappa shape index (κ1) is 18.4. The molecular formula is C14H25N3O5. The van der Waals surface area contributed by atoms with Gasteiger partial charge in [-0.15, -0.1) is 0 Å². The molecule has 0 saturated carbocycles. The number of likely N-dealkylation sites (tertiary alicyclic amines) is 1. The molecule has 0 spiro atoms. The molecule has 0 radical (unpaired) electrons. The van der Waals surface area contributed by atoms with E-state index in [4.69, 9.17) is 10.8 Å². The predicted molar refractivity (Wildman–Crippen MR) is 78.8 cm³/mol. The fourth-order valence-corrected chi connectivity index (χ4v) is 2.54. The summed E-state index contributed by atoms with van der Waals surface area (Å²) >= 11 is 0. The van der Waals surface area contributed by atoms with Crippen molar-refractivity contribution in [2.75, 3.05) is 13.2 Å². The Labute approximate surface area is 129 Å². The summed E-state index contributed by atoms with van der Waals surface area (Å²) in [6.07, 6.45) is 1.42. The quantitative estimate of drug-likeness (QED) is 0.472. The van der Waals surface area contributed by atoms with Gasteiger partial charge in [0, 0.05) is 6.54 Å². The summed E-state index contributed by atoms with van der Waals surface area (Å²) in [5.74, 6) is -1.93. The van der Waals surface area contributed by atoms with Crippen molar-refractivity contribution in [3.63, 3.8) is 0 Å². The lowest BCUT2D eigenvalue weighted by molar-refractivity contribution is -0.149. The fraction of sp³-hybridized carbons (Fsp3) is 0.786. The maximum absolute atomic E-state index is 12.6. The van der Waals surface area contributed by atoms with E-state index in [1.165, 1.54) is 4.90 Å². The van der Waals surface area contributed by atoms with Crippen LogP contribution >= 0.6 is 0 Å². The monoisotopic (exact) mass is 315 g/mol. The van der Waals surface area contributed by atoms with Crippen molar-refractivity contribution >= 4 is 17.8 Å². The Bertz CT molecular complexity index is 427. The van der Waals surface area contributed by atoms with Crippen LogP contribution in [-0.4, -0.2) is 64.2 Å². The predicted octanol–water partition coefficient (Wildman–Crippen LogP) is -1.09. The normalized spacial score (nSPS) is 20.8. The summed E-state index contributed by atoms with van der Waals surface area (Å²) in [7, 11) is 0. The van der Waals surface area contributed by atoms with Gasteiger partial charge >= 0.3 is 5.97 Å². The van der Waals surface area contributed by atoms with E-state index >= 15 is 0 Å². The molecule has 0 bridgehead atoms. The molecule has 0 aliphatic carbocycles. The average molecular weight is 315 g/mol. The highest BCUT2D eigenvalue weighted by Gasteiger charge is 2.38. The Kier molecular flexibility index (Phi) is 6.76. The third-order valence-electron chi connectivity index (χ3n) is 3.68. The number of aliphatic carboxylic acids is 1. The van der Waals surface area contributed by atoms with Crippen molar-refractivity contribution in [3.8, 4) is 0 Å². The van der Waals surface area contributed by atoms with Crippen LogP contribution in [0.5, 0.6) is 0 Å². The van der Waals surface area contributed by atoms with E-state index < -0.39 is 42.5 Å². The van der Waals surface area contributed by atoms with Crippen LogP contribution in [0.3, 0.4) is 0 Å². The van der Waals surface area contributed by atoms with E-state index in [1.54, 1.807) is 0 Å². The summed E-state index contributed by atoms with van der Waals surface area (Å²) in [4.78, 5) is 36.9. The lowest BCUT2D eigenvalue weighted by atomic mass is 10.0. The van der Waals surface area contributed by atoms with Crippen molar-refractivity contribution in [2.45, 2.75) is 51.2 Å². The molecule has 1 heterocycles. The summed E-state index contributed by atoms with van der Waals surface area (Å²) in [5.41, 5.74) is 5.44. The molecule has 0 aromatic heterocycles. The highest BCUT2D eigenvalue weighted by molar-refractivity contribution is 5.92. The first-order valence-corrected chi connectivity index (χ1v) is 7.48. The molecule has 1 rings (SSSR count). The van der Waals surface area contributed by atoms with E-state index in [0.717, 1.165) is 0 Å². The smallest absolute Gasteiger partial charge is 0.326 e. The van der Waals surface area contributed by atoms with Crippen LogP contribution in [-0.2, 0) is 14.4 Å². The van der Waals surface area contributed by atoms with Gasteiger partial charge in [0.25, 0.3) is 0 Å². The van der Waals surface area contributed by atoms with Crippen molar-refractivity contribution < 1.29 is 24.6 Å². The van der Waals surface area contributed by atoms with Crippen molar-refractivity contribution in [1.82, 2.24) is 10.2 Å². The number of nitrogens with two attached hydrogens (primary N) is 1. The molecule has 8 heteroatoms. The lowest BCUT2D eigenvalue weighted by Crippen LogP contribution is -2.55. The van der Waals surface area contributed by atoms with Crippen LogP contribution in [0.1, 0.15) is 33.1 Å². The Morgan fingerprint density at radius 3 is 2.50 bits per heavy atom. The number of aliphatic hydroxyl groups excluding tert-OH is 1. The SMILES string of the molecule is CC(C)CC(NC(=O)C(N)CO)C(=O)N1CCCC1C(=O)O. The summed E-state index contributed by atoms with van der Waals surface area (Å²) < 4.78 is 0. The Balaban J connectivity index is 2.84.